The number of amides is 5. The fourth-order valence-corrected chi connectivity index (χ4v) is 2.81. The lowest BCUT2D eigenvalue weighted by Crippen LogP contribution is -2.59. The molecule has 0 heterocycles. The van der Waals surface area contributed by atoms with Gasteiger partial charge in [-0.15, -0.1) is 0 Å². The third-order valence-corrected chi connectivity index (χ3v) is 4.60. The maximum atomic E-state index is 12.5. The quantitative estimate of drug-likeness (QED) is 0.119. The molecule has 0 saturated heterocycles. The van der Waals surface area contributed by atoms with Crippen molar-refractivity contribution < 1.29 is 44.1 Å². The lowest BCUT2D eigenvalue weighted by molar-refractivity contribution is -0.144. The number of benzene rings is 1. The second-order valence-electron chi connectivity index (χ2n) is 7.52. The van der Waals surface area contributed by atoms with Crippen LogP contribution >= 0.6 is 0 Å². The maximum absolute atomic E-state index is 12.5. The summed E-state index contributed by atoms with van der Waals surface area (Å²) in [5, 5.41) is 34.2. The fraction of sp³-hybridized carbons (Fsp3) is 0.400. The molecule has 35 heavy (non-hydrogen) atoms. The molecule has 15 nitrogen and oxygen atoms in total. The van der Waals surface area contributed by atoms with E-state index in [0.29, 0.717) is 5.56 Å². The fourth-order valence-electron chi connectivity index (χ4n) is 2.81. The van der Waals surface area contributed by atoms with Crippen molar-refractivity contribution in [3.8, 4) is 5.75 Å². The Kier molecular flexibility index (Phi) is 11.1. The van der Waals surface area contributed by atoms with Crippen molar-refractivity contribution in [2.45, 2.75) is 43.4 Å². The van der Waals surface area contributed by atoms with E-state index in [1.165, 1.54) is 24.3 Å². The van der Waals surface area contributed by atoms with Gasteiger partial charge in [0.25, 0.3) is 0 Å². The van der Waals surface area contributed by atoms with Crippen LogP contribution in [0.1, 0.15) is 18.4 Å². The summed E-state index contributed by atoms with van der Waals surface area (Å²) in [5.74, 6) is -6.73. The summed E-state index contributed by atoms with van der Waals surface area (Å²) in [6.45, 7) is -0.909. The predicted molar refractivity (Wildman–Crippen MR) is 118 cm³/mol. The van der Waals surface area contributed by atoms with Gasteiger partial charge in [0.2, 0.25) is 29.5 Å². The number of rotatable bonds is 14. The molecule has 4 unspecified atom stereocenters. The summed E-state index contributed by atoms with van der Waals surface area (Å²) in [6, 6.07) is -0.292. The Morgan fingerprint density at radius 3 is 1.71 bits per heavy atom. The second-order valence-corrected chi connectivity index (χ2v) is 7.52. The van der Waals surface area contributed by atoms with Gasteiger partial charge in [0, 0.05) is 0 Å². The van der Waals surface area contributed by atoms with Gasteiger partial charge in [-0.3, -0.25) is 24.0 Å². The summed E-state index contributed by atoms with van der Waals surface area (Å²) >= 11 is 0. The molecule has 0 spiro atoms. The molecule has 0 fully saturated rings. The number of phenolic OH excluding ortho intramolecular Hbond substituents is 1. The Bertz CT molecular complexity index is 953. The van der Waals surface area contributed by atoms with Gasteiger partial charge in [0.15, 0.2) is 0 Å². The Morgan fingerprint density at radius 2 is 1.23 bits per heavy atom. The SMILES string of the molecule is NC(=O)CC(NC(=O)C(CC(N)=O)NC(=O)C(CO)NC(=O)C(N)Cc1ccc(O)cc1)C(=O)O. The highest BCUT2D eigenvalue weighted by Crippen LogP contribution is 2.11. The van der Waals surface area contributed by atoms with Gasteiger partial charge in [0.05, 0.1) is 25.5 Å². The summed E-state index contributed by atoms with van der Waals surface area (Å²) in [7, 11) is 0. The van der Waals surface area contributed by atoms with E-state index in [4.69, 9.17) is 22.3 Å². The number of phenols is 1. The number of aliphatic hydroxyl groups excluding tert-OH is 1. The number of aliphatic hydroxyl groups is 1. The van der Waals surface area contributed by atoms with E-state index in [-0.39, 0.29) is 12.2 Å². The number of carboxylic acid groups (broad SMARTS) is 1. The molecule has 5 amide bonds. The van der Waals surface area contributed by atoms with Gasteiger partial charge < -0.3 is 48.5 Å². The van der Waals surface area contributed by atoms with Gasteiger partial charge in [-0.05, 0) is 24.1 Å². The zero-order valence-electron chi connectivity index (χ0n) is 18.5. The monoisotopic (exact) mass is 496 g/mol. The molecule has 0 aliphatic carbocycles. The molecule has 4 atom stereocenters. The summed E-state index contributed by atoms with van der Waals surface area (Å²) in [4.78, 5) is 70.9. The molecule has 0 aliphatic rings. The van der Waals surface area contributed by atoms with Crippen LogP contribution in [0.25, 0.3) is 0 Å². The highest BCUT2D eigenvalue weighted by atomic mass is 16.4. The largest absolute Gasteiger partial charge is 0.508 e. The van der Waals surface area contributed by atoms with Crippen molar-refractivity contribution >= 4 is 35.5 Å². The van der Waals surface area contributed by atoms with Crippen LogP contribution in [0, 0.1) is 0 Å². The first-order chi connectivity index (χ1) is 16.3. The minimum Gasteiger partial charge on any atom is -0.508 e. The van der Waals surface area contributed by atoms with Crippen LogP contribution in [0.5, 0.6) is 5.75 Å². The second kappa shape index (κ2) is 13.5. The topological polar surface area (TPSA) is 277 Å². The summed E-state index contributed by atoms with van der Waals surface area (Å²) in [5.41, 5.74) is 16.5. The van der Waals surface area contributed by atoms with Crippen molar-refractivity contribution in [3.63, 3.8) is 0 Å². The first-order valence-corrected chi connectivity index (χ1v) is 10.2. The van der Waals surface area contributed by atoms with Crippen molar-refractivity contribution in [2.24, 2.45) is 17.2 Å². The molecule has 0 saturated carbocycles. The molecule has 1 aromatic rings. The van der Waals surface area contributed by atoms with Crippen LogP contribution in [0.3, 0.4) is 0 Å². The van der Waals surface area contributed by atoms with E-state index in [0.717, 1.165) is 0 Å². The minimum absolute atomic E-state index is 0.0163. The number of aromatic hydroxyl groups is 1. The Labute approximate surface area is 199 Å². The van der Waals surface area contributed by atoms with Gasteiger partial charge >= 0.3 is 5.97 Å². The third kappa shape index (κ3) is 10.1. The van der Waals surface area contributed by atoms with Gasteiger partial charge in [-0.25, -0.2) is 4.79 Å². The molecule has 192 valence electrons. The highest BCUT2D eigenvalue weighted by molar-refractivity contribution is 5.96. The van der Waals surface area contributed by atoms with E-state index in [2.05, 4.69) is 10.6 Å². The third-order valence-electron chi connectivity index (χ3n) is 4.60. The number of carbonyl (C=O) groups is 6. The lowest BCUT2D eigenvalue weighted by Gasteiger charge is -2.23. The molecule has 0 aliphatic heterocycles. The van der Waals surface area contributed by atoms with E-state index >= 15 is 0 Å². The van der Waals surface area contributed by atoms with Crippen LogP contribution in [0.15, 0.2) is 24.3 Å². The number of nitrogens with two attached hydrogens (primary N) is 3. The Morgan fingerprint density at radius 1 is 0.771 bits per heavy atom. The summed E-state index contributed by atoms with van der Waals surface area (Å²) in [6.07, 6.45) is -1.48. The molecule has 0 bridgehead atoms. The van der Waals surface area contributed by atoms with E-state index < -0.39 is 79.1 Å². The molecule has 12 N–H and O–H groups in total. The number of carboxylic acids is 1. The molecular weight excluding hydrogens is 468 g/mol. The zero-order valence-corrected chi connectivity index (χ0v) is 18.5. The van der Waals surface area contributed by atoms with Crippen LogP contribution in [-0.4, -0.2) is 81.6 Å². The summed E-state index contributed by atoms with van der Waals surface area (Å²) < 4.78 is 0. The molecular formula is C20H28N6O9. The van der Waals surface area contributed by atoms with Gasteiger partial charge in [-0.2, -0.15) is 0 Å². The lowest BCUT2D eigenvalue weighted by atomic mass is 10.1. The number of hydrogen-bond acceptors (Lipinski definition) is 9. The van der Waals surface area contributed by atoms with E-state index in [9.17, 15) is 39.0 Å². The first kappa shape index (κ1) is 28.8. The van der Waals surface area contributed by atoms with E-state index in [1.807, 2.05) is 5.32 Å². The van der Waals surface area contributed by atoms with Crippen molar-refractivity contribution in [2.75, 3.05) is 6.61 Å². The minimum atomic E-state index is -1.74. The van der Waals surface area contributed by atoms with Crippen molar-refractivity contribution in [1.29, 1.82) is 0 Å². The van der Waals surface area contributed by atoms with Crippen molar-refractivity contribution in [1.82, 2.24) is 16.0 Å². The smallest absolute Gasteiger partial charge is 0.326 e. The molecule has 1 rings (SSSR count). The molecule has 0 radical (unpaired) electrons. The predicted octanol–water partition coefficient (Wildman–Crippen LogP) is -4.46. The Hall–Kier alpha value is -4.24. The molecule has 15 heteroatoms. The standard InChI is InChI=1S/C20H28N6O9/c21-11(5-9-1-3-10(28)4-2-9)17(31)26-14(8-27)19(33)24-12(6-15(22)29)18(32)25-13(20(34)35)7-16(23)30/h1-4,11-14,27-28H,5-8,21H2,(H2,22,29)(H2,23,30)(H,24,33)(H,25,32)(H,26,31)(H,34,35). The van der Waals surface area contributed by atoms with Crippen LogP contribution < -0.4 is 33.2 Å². The molecule has 0 aromatic heterocycles. The van der Waals surface area contributed by atoms with Crippen LogP contribution in [0.4, 0.5) is 0 Å². The van der Waals surface area contributed by atoms with Gasteiger partial charge in [-0.1, -0.05) is 12.1 Å². The number of aliphatic carboxylic acids is 1. The van der Waals surface area contributed by atoms with Gasteiger partial charge in [0.1, 0.15) is 23.9 Å². The van der Waals surface area contributed by atoms with Crippen LogP contribution in [-0.2, 0) is 35.2 Å². The highest BCUT2D eigenvalue weighted by Gasteiger charge is 2.31. The number of nitrogens with one attached hydrogen (secondary N) is 3. The maximum Gasteiger partial charge on any atom is 0.326 e. The van der Waals surface area contributed by atoms with E-state index in [1.54, 1.807) is 0 Å². The van der Waals surface area contributed by atoms with Crippen LogP contribution in [0.2, 0.25) is 0 Å². The zero-order chi connectivity index (χ0) is 26.7. The number of primary amides is 2. The average Bonchev–Trinajstić information content (AvgIpc) is 2.76. The Balaban J connectivity index is 2.85. The number of carbonyl (C=O) groups excluding carboxylic acids is 5. The van der Waals surface area contributed by atoms with Crippen molar-refractivity contribution in [3.05, 3.63) is 29.8 Å². The first-order valence-electron chi connectivity index (χ1n) is 10.2. The normalized spacial score (nSPS) is 14.0. The number of hydrogen-bond donors (Lipinski definition) is 9. The average molecular weight is 496 g/mol. The molecule has 1 aromatic carbocycles.